The van der Waals surface area contributed by atoms with Gasteiger partial charge in [-0.3, -0.25) is 19.6 Å². The lowest BCUT2D eigenvalue weighted by atomic mass is 10.1. The van der Waals surface area contributed by atoms with Gasteiger partial charge in [0.2, 0.25) is 0 Å². The minimum Gasteiger partial charge on any atom is -0.490 e. The highest BCUT2D eigenvalue weighted by Gasteiger charge is 2.19. The molecule has 3 rings (SSSR count). The molecule has 8 nitrogen and oxygen atoms in total. The molecule has 0 unspecified atom stereocenters. The summed E-state index contributed by atoms with van der Waals surface area (Å²) in [4.78, 5) is 22.9. The number of rotatable bonds is 6. The van der Waals surface area contributed by atoms with Crippen molar-refractivity contribution in [2.75, 3.05) is 12.4 Å². The van der Waals surface area contributed by atoms with Crippen molar-refractivity contribution < 1.29 is 14.5 Å². The fraction of sp³-hybridized carbons (Fsp3) is 0.111. The molecule has 0 saturated heterocycles. The van der Waals surface area contributed by atoms with Crippen LogP contribution in [0.25, 0.3) is 0 Å². The van der Waals surface area contributed by atoms with Gasteiger partial charge in [0.05, 0.1) is 18.6 Å². The Morgan fingerprint density at radius 2 is 1.96 bits per heavy atom. The van der Waals surface area contributed by atoms with Gasteiger partial charge in [-0.15, -0.1) is 0 Å². The molecule has 0 radical (unpaired) electrons. The third-order valence-electron chi connectivity index (χ3n) is 3.84. The maximum atomic E-state index is 12.4. The smallest absolute Gasteiger partial charge is 0.311 e. The van der Waals surface area contributed by atoms with Crippen LogP contribution in [0.4, 0.5) is 11.5 Å². The van der Waals surface area contributed by atoms with Gasteiger partial charge in [-0.1, -0.05) is 35.3 Å². The number of carbonyl (C=O) groups excluding carboxylic acids is 1. The molecule has 0 spiro atoms. The molecule has 1 amide bonds. The van der Waals surface area contributed by atoms with Crippen molar-refractivity contribution in [3.05, 3.63) is 79.9 Å². The van der Waals surface area contributed by atoms with E-state index in [-0.39, 0.29) is 27.8 Å². The van der Waals surface area contributed by atoms with Crippen molar-refractivity contribution in [2.45, 2.75) is 6.54 Å². The summed E-state index contributed by atoms with van der Waals surface area (Å²) in [6.07, 6.45) is 1.57. The van der Waals surface area contributed by atoms with Crippen LogP contribution in [0.3, 0.4) is 0 Å². The number of nitro groups is 1. The zero-order valence-electron chi connectivity index (χ0n) is 14.6. The lowest BCUT2D eigenvalue weighted by Gasteiger charge is -2.06. The van der Waals surface area contributed by atoms with Crippen LogP contribution in [0, 0.1) is 10.1 Å². The van der Waals surface area contributed by atoms with Crippen LogP contribution < -0.4 is 10.1 Å². The fourth-order valence-corrected chi connectivity index (χ4v) is 2.82. The number of nitrogens with zero attached hydrogens (tertiary/aromatic N) is 3. The van der Waals surface area contributed by atoms with Gasteiger partial charge in [-0.25, -0.2) is 0 Å². The van der Waals surface area contributed by atoms with Crippen molar-refractivity contribution in [1.29, 1.82) is 0 Å². The largest absolute Gasteiger partial charge is 0.490 e. The molecule has 0 aliphatic heterocycles. The number of carbonyl (C=O) groups is 1. The molecule has 0 bridgehead atoms. The Morgan fingerprint density at radius 3 is 2.61 bits per heavy atom. The van der Waals surface area contributed by atoms with Crippen molar-refractivity contribution in [2.24, 2.45) is 0 Å². The molecular weight excluding hydrogens is 407 g/mol. The van der Waals surface area contributed by atoms with E-state index in [1.54, 1.807) is 23.0 Å². The van der Waals surface area contributed by atoms with Crippen LogP contribution in [0.1, 0.15) is 15.9 Å². The average Bonchev–Trinajstić information content (AvgIpc) is 3.01. The molecule has 0 atom stereocenters. The third kappa shape index (κ3) is 4.41. The Labute approximate surface area is 169 Å². The number of anilines is 1. The summed E-state index contributed by atoms with van der Waals surface area (Å²) in [7, 11) is 1.31. The molecule has 0 saturated carbocycles. The first kappa shape index (κ1) is 19.7. The first-order chi connectivity index (χ1) is 13.4. The number of ether oxygens (including phenoxy) is 1. The Bertz CT molecular complexity index is 1030. The number of nitrogens with one attached hydrogen (secondary N) is 1. The minimum atomic E-state index is -0.622. The van der Waals surface area contributed by atoms with E-state index in [1.165, 1.54) is 19.2 Å². The van der Waals surface area contributed by atoms with E-state index in [1.807, 2.05) is 12.1 Å². The molecule has 1 heterocycles. The number of benzene rings is 2. The molecule has 1 aromatic heterocycles. The van der Waals surface area contributed by atoms with Crippen molar-refractivity contribution in [3.63, 3.8) is 0 Å². The summed E-state index contributed by atoms with van der Waals surface area (Å²) < 4.78 is 6.49. The van der Waals surface area contributed by atoms with Crippen LogP contribution in [0.5, 0.6) is 5.75 Å². The maximum Gasteiger partial charge on any atom is 0.311 e. The van der Waals surface area contributed by atoms with Crippen LogP contribution >= 0.6 is 23.2 Å². The van der Waals surface area contributed by atoms with Crippen LogP contribution in [-0.2, 0) is 6.54 Å². The summed E-state index contributed by atoms with van der Waals surface area (Å²) in [5, 5.41) is 18.8. The van der Waals surface area contributed by atoms with Gasteiger partial charge in [0.25, 0.3) is 5.91 Å². The maximum absolute atomic E-state index is 12.4. The molecular formula is C18H14Cl2N4O4. The highest BCUT2D eigenvalue weighted by atomic mass is 35.5. The zero-order valence-corrected chi connectivity index (χ0v) is 16.1. The molecule has 10 heteroatoms. The predicted octanol–water partition coefficient (Wildman–Crippen LogP) is 4.41. The molecule has 2 aromatic carbocycles. The lowest BCUT2D eigenvalue weighted by Crippen LogP contribution is -2.13. The Hall–Kier alpha value is -3.10. The van der Waals surface area contributed by atoms with E-state index >= 15 is 0 Å². The molecule has 0 aliphatic carbocycles. The summed E-state index contributed by atoms with van der Waals surface area (Å²) in [6.45, 7) is 0.431. The van der Waals surface area contributed by atoms with Crippen molar-refractivity contribution in [3.8, 4) is 5.75 Å². The predicted molar refractivity (Wildman–Crippen MR) is 105 cm³/mol. The van der Waals surface area contributed by atoms with E-state index in [2.05, 4.69) is 10.4 Å². The Morgan fingerprint density at radius 1 is 1.25 bits per heavy atom. The summed E-state index contributed by atoms with van der Waals surface area (Å²) >= 11 is 12.0. The zero-order chi connectivity index (χ0) is 20.3. The van der Waals surface area contributed by atoms with E-state index in [0.29, 0.717) is 11.6 Å². The van der Waals surface area contributed by atoms with Gasteiger partial charge in [0, 0.05) is 22.8 Å². The first-order valence-corrected chi connectivity index (χ1v) is 8.74. The van der Waals surface area contributed by atoms with Gasteiger partial charge in [0.1, 0.15) is 5.02 Å². The number of aromatic nitrogens is 2. The van der Waals surface area contributed by atoms with Gasteiger partial charge in [-0.05, 0) is 29.8 Å². The Balaban J connectivity index is 1.77. The monoisotopic (exact) mass is 420 g/mol. The standard InChI is InChI=1S/C18H14Cl2N4O4/c1-28-16-7-4-12(8-15(16)24(26)27)18(25)21-17-14(20)10-23(22-17)9-11-2-5-13(19)6-3-11/h2-8,10H,9H2,1H3,(H,21,22,25). The second kappa shape index (κ2) is 8.28. The number of hydrogen-bond acceptors (Lipinski definition) is 5. The van der Waals surface area contributed by atoms with Crippen LogP contribution in [0.2, 0.25) is 10.0 Å². The number of halogens is 2. The number of hydrogen-bond donors (Lipinski definition) is 1. The van der Waals surface area contributed by atoms with Gasteiger partial charge < -0.3 is 10.1 Å². The van der Waals surface area contributed by atoms with Crippen molar-refractivity contribution >= 4 is 40.6 Å². The second-order valence-electron chi connectivity index (χ2n) is 5.75. The summed E-state index contributed by atoms with van der Waals surface area (Å²) in [6, 6.07) is 11.1. The summed E-state index contributed by atoms with van der Waals surface area (Å²) in [5.74, 6) is -0.365. The molecule has 144 valence electrons. The van der Waals surface area contributed by atoms with E-state index in [4.69, 9.17) is 27.9 Å². The summed E-state index contributed by atoms with van der Waals surface area (Å²) in [5.41, 5.74) is 0.720. The van der Waals surface area contributed by atoms with Crippen molar-refractivity contribution in [1.82, 2.24) is 9.78 Å². The minimum absolute atomic E-state index is 0.0619. The Kier molecular flexibility index (Phi) is 5.81. The number of nitro benzene ring substituents is 1. The van der Waals surface area contributed by atoms with Gasteiger partial charge in [0.15, 0.2) is 11.6 Å². The van der Waals surface area contributed by atoms with Gasteiger partial charge >= 0.3 is 5.69 Å². The average molecular weight is 421 g/mol. The van der Waals surface area contributed by atoms with Crippen LogP contribution in [-0.4, -0.2) is 27.7 Å². The van der Waals surface area contributed by atoms with E-state index in [0.717, 1.165) is 11.6 Å². The van der Waals surface area contributed by atoms with E-state index < -0.39 is 10.8 Å². The molecule has 28 heavy (non-hydrogen) atoms. The van der Waals surface area contributed by atoms with Crippen LogP contribution in [0.15, 0.2) is 48.7 Å². The topological polar surface area (TPSA) is 99.3 Å². The number of amides is 1. The third-order valence-corrected chi connectivity index (χ3v) is 4.37. The normalized spacial score (nSPS) is 10.5. The highest BCUT2D eigenvalue weighted by Crippen LogP contribution is 2.28. The van der Waals surface area contributed by atoms with Gasteiger partial charge in [-0.2, -0.15) is 5.10 Å². The first-order valence-electron chi connectivity index (χ1n) is 7.98. The fourth-order valence-electron chi connectivity index (χ4n) is 2.49. The molecule has 1 N–H and O–H groups in total. The molecule has 3 aromatic rings. The highest BCUT2D eigenvalue weighted by molar-refractivity contribution is 6.33. The number of methoxy groups -OCH3 is 1. The van der Waals surface area contributed by atoms with E-state index in [9.17, 15) is 14.9 Å². The molecule has 0 aliphatic rings. The lowest BCUT2D eigenvalue weighted by molar-refractivity contribution is -0.385. The molecule has 0 fully saturated rings. The SMILES string of the molecule is COc1ccc(C(=O)Nc2nn(Cc3ccc(Cl)cc3)cc2Cl)cc1[N+](=O)[O-]. The quantitative estimate of drug-likeness (QED) is 0.470. The second-order valence-corrected chi connectivity index (χ2v) is 6.59.